The molecular formula is C13H27NO3. The zero-order valence-corrected chi connectivity index (χ0v) is 11.4. The first kappa shape index (κ1) is 16.4. The number of unbranched alkanes of at least 4 members (excludes halogenated alkanes) is 1. The highest BCUT2D eigenvalue weighted by molar-refractivity contribution is 5.75. The predicted molar refractivity (Wildman–Crippen MR) is 68.7 cm³/mol. The molecule has 0 spiro atoms. The maximum absolute atomic E-state index is 11.5. The van der Waals surface area contributed by atoms with E-state index in [0.29, 0.717) is 25.6 Å². The zero-order valence-electron chi connectivity index (χ0n) is 11.4. The second-order valence-corrected chi connectivity index (χ2v) is 4.43. The molecule has 0 aliphatic carbocycles. The van der Waals surface area contributed by atoms with Crippen LogP contribution < -0.4 is 5.73 Å². The van der Waals surface area contributed by atoms with Crippen molar-refractivity contribution in [2.45, 2.75) is 52.0 Å². The Morgan fingerprint density at radius 3 is 2.53 bits per heavy atom. The van der Waals surface area contributed by atoms with Gasteiger partial charge in [0.15, 0.2) is 0 Å². The van der Waals surface area contributed by atoms with Gasteiger partial charge in [-0.15, -0.1) is 0 Å². The largest absolute Gasteiger partial charge is 0.464 e. The summed E-state index contributed by atoms with van der Waals surface area (Å²) in [5.41, 5.74) is 5.68. The molecule has 0 heterocycles. The van der Waals surface area contributed by atoms with Crippen molar-refractivity contribution in [1.82, 2.24) is 0 Å². The van der Waals surface area contributed by atoms with Crippen molar-refractivity contribution in [2.24, 2.45) is 11.7 Å². The second-order valence-electron chi connectivity index (χ2n) is 4.43. The van der Waals surface area contributed by atoms with Crippen molar-refractivity contribution in [3.05, 3.63) is 0 Å². The van der Waals surface area contributed by atoms with Gasteiger partial charge in [-0.2, -0.15) is 0 Å². The fraction of sp³-hybridized carbons (Fsp3) is 0.923. The summed E-state index contributed by atoms with van der Waals surface area (Å²) in [7, 11) is 1.59. The van der Waals surface area contributed by atoms with Crippen molar-refractivity contribution in [2.75, 3.05) is 20.3 Å². The molecule has 0 bridgehead atoms. The summed E-state index contributed by atoms with van der Waals surface area (Å²) in [6, 6.07) is -0.557. The maximum atomic E-state index is 11.5. The van der Waals surface area contributed by atoms with Gasteiger partial charge in [-0.3, -0.25) is 4.79 Å². The van der Waals surface area contributed by atoms with Crippen molar-refractivity contribution >= 4 is 5.97 Å². The Labute approximate surface area is 105 Å². The number of rotatable bonds is 10. The van der Waals surface area contributed by atoms with Gasteiger partial charge >= 0.3 is 5.97 Å². The van der Waals surface area contributed by atoms with Crippen LogP contribution in [0.3, 0.4) is 0 Å². The minimum Gasteiger partial charge on any atom is -0.464 e. The Hall–Kier alpha value is -0.610. The maximum Gasteiger partial charge on any atom is 0.323 e. The zero-order chi connectivity index (χ0) is 13.1. The van der Waals surface area contributed by atoms with Crippen molar-refractivity contribution in [3.8, 4) is 0 Å². The molecule has 4 nitrogen and oxygen atoms in total. The molecule has 0 fully saturated rings. The van der Waals surface area contributed by atoms with Crippen LogP contribution in [0.25, 0.3) is 0 Å². The molecule has 0 saturated carbocycles. The summed E-state index contributed by atoms with van der Waals surface area (Å²) in [6.07, 6.45) is 5.04. The van der Waals surface area contributed by atoms with Crippen LogP contribution in [-0.4, -0.2) is 32.3 Å². The molecule has 0 aromatic carbocycles. The van der Waals surface area contributed by atoms with Crippen molar-refractivity contribution in [1.29, 1.82) is 0 Å². The van der Waals surface area contributed by atoms with Gasteiger partial charge in [-0.25, -0.2) is 0 Å². The van der Waals surface area contributed by atoms with Gasteiger partial charge in [-0.05, 0) is 18.8 Å². The highest BCUT2D eigenvalue weighted by Crippen LogP contribution is 2.13. The van der Waals surface area contributed by atoms with Crippen LogP contribution in [0.15, 0.2) is 0 Å². The molecule has 0 radical (unpaired) electrons. The van der Waals surface area contributed by atoms with E-state index in [0.717, 1.165) is 12.8 Å². The first-order valence-corrected chi connectivity index (χ1v) is 6.56. The SMILES string of the molecule is CCCCC(CC)COC(=O)C(N)CCOC. The molecule has 0 aliphatic rings. The smallest absolute Gasteiger partial charge is 0.323 e. The molecule has 2 N–H and O–H groups in total. The van der Waals surface area contributed by atoms with Crippen LogP contribution >= 0.6 is 0 Å². The topological polar surface area (TPSA) is 61.5 Å². The second kappa shape index (κ2) is 10.5. The molecule has 0 aliphatic heterocycles. The van der Waals surface area contributed by atoms with E-state index in [-0.39, 0.29) is 5.97 Å². The van der Waals surface area contributed by atoms with Crippen molar-refractivity contribution in [3.63, 3.8) is 0 Å². The molecule has 4 heteroatoms. The first-order chi connectivity index (χ1) is 8.15. The quantitative estimate of drug-likeness (QED) is 0.599. The fourth-order valence-electron chi connectivity index (χ4n) is 1.57. The highest BCUT2D eigenvalue weighted by Gasteiger charge is 2.16. The molecule has 17 heavy (non-hydrogen) atoms. The van der Waals surface area contributed by atoms with Crippen LogP contribution in [0, 0.1) is 5.92 Å². The van der Waals surface area contributed by atoms with E-state index in [2.05, 4.69) is 13.8 Å². The van der Waals surface area contributed by atoms with Gasteiger partial charge in [0.05, 0.1) is 6.61 Å². The van der Waals surface area contributed by atoms with Crippen LogP contribution in [0.4, 0.5) is 0 Å². The summed E-state index contributed by atoms with van der Waals surface area (Å²) in [6.45, 7) is 5.28. The Morgan fingerprint density at radius 2 is 2.00 bits per heavy atom. The molecule has 0 aromatic heterocycles. The Balaban J connectivity index is 3.78. The first-order valence-electron chi connectivity index (χ1n) is 6.56. The average molecular weight is 245 g/mol. The molecule has 0 saturated heterocycles. The van der Waals surface area contributed by atoms with Crippen LogP contribution in [0.1, 0.15) is 46.0 Å². The van der Waals surface area contributed by atoms with Gasteiger partial charge in [0, 0.05) is 13.7 Å². The summed E-state index contributed by atoms with van der Waals surface area (Å²) in [5, 5.41) is 0. The Kier molecular flexibility index (Phi) is 10.2. The molecule has 0 rings (SSSR count). The summed E-state index contributed by atoms with van der Waals surface area (Å²) >= 11 is 0. The lowest BCUT2D eigenvalue weighted by Gasteiger charge is -2.16. The molecular weight excluding hydrogens is 218 g/mol. The number of carbonyl (C=O) groups excluding carboxylic acids is 1. The molecule has 0 amide bonds. The summed E-state index contributed by atoms with van der Waals surface area (Å²) in [5.74, 6) is 0.158. The third-order valence-corrected chi connectivity index (χ3v) is 2.94. The average Bonchev–Trinajstić information content (AvgIpc) is 2.35. The lowest BCUT2D eigenvalue weighted by Crippen LogP contribution is -2.34. The van der Waals surface area contributed by atoms with Gasteiger partial charge in [0.1, 0.15) is 6.04 Å². The van der Waals surface area contributed by atoms with E-state index >= 15 is 0 Å². The van der Waals surface area contributed by atoms with Gasteiger partial charge < -0.3 is 15.2 Å². The van der Waals surface area contributed by atoms with E-state index in [9.17, 15) is 4.79 Å². The number of carbonyl (C=O) groups is 1. The minimum absolute atomic E-state index is 0.308. The van der Waals surface area contributed by atoms with Gasteiger partial charge in [-0.1, -0.05) is 33.1 Å². The predicted octanol–water partition coefficient (Wildman–Crippen LogP) is 2.11. The number of esters is 1. The normalized spacial score (nSPS) is 14.4. The number of methoxy groups -OCH3 is 1. The van der Waals surface area contributed by atoms with Gasteiger partial charge in [0.25, 0.3) is 0 Å². The highest BCUT2D eigenvalue weighted by atomic mass is 16.5. The van der Waals surface area contributed by atoms with Crippen LogP contribution in [-0.2, 0) is 14.3 Å². The molecule has 2 atom stereocenters. The molecule has 0 aromatic rings. The summed E-state index contributed by atoms with van der Waals surface area (Å²) in [4.78, 5) is 11.5. The Morgan fingerprint density at radius 1 is 1.29 bits per heavy atom. The molecule has 102 valence electrons. The molecule has 2 unspecified atom stereocenters. The lowest BCUT2D eigenvalue weighted by atomic mass is 10.0. The van der Waals surface area contributed by atoms with E-state index in [1.807, 2.05) is 0 Å². The van der Waals surface area contributed by atoms with Crippen LogP contribution in [0.2, 0.25) is 0 Å². The Bertz CT molecular complexity index is 197. The van der Waals surface area contributed by atoms with Crippen molar-refractivity contribution < 1.29 is 14.3 Å². The van der Waals surface area contributed by atoms with E-state index in [4.69, 9.17) is 15.2 Å². The van der Waals surface area contributed by atoms with Crippen LogP contribution in [0.5, 0.6) is 0 Å². The van der Waals surface area contributed by atoms with E-state index in [1.54, 1.807) is 7.11 Å². The monoisotopic (exact) mass is 245 g/mol. The van der Waals surface area contributed by atoms with E-state index < -0.39 is 6.04 Å². The number of nitrogens with two attached hydrogens (primary N) is 1. The van der Waals surface area contributed by atoms with E-state index in [1.165, 1.54) is 12.8 Å². The fourth-order valence-corrected chi connectivity index (χ4v) is 1.57. The third-order valence-electron chi connectivity index (χ3n) is 2.94. The number of hydrogen-bond acceptors (Lipinski definition) is 4. The number of ether oxygens (including phenoxy) is 2. The number of hydrogen-bond donors (Lipinski definition) is 1. The minimum atomic E-state index is -0.557. The summed E-state index contributed by atoms with van der Waals surface area (Å²) < 4.78 is 10.1. The standard InChI is InChI=1S/C13H27NO3/c1-4-6-7-11(5-2)10-17-13(15)12(14)8-9-16-3/h11-12H,4-10,14H2,1-3H3. The lowest BCUT2D eigenvalue weighted by molar-refractivity contribution is -0.147. The third kappa shape index (κ3) is 8.16. The van der Waals surface area contributed by atoms with Gasteiger partial charge in [0.2, 0.25) is 0 Å².